The highest BCUT2D eigenvalue weighted by atomic mass is 16.6. The van der Waals surface area contributed by atoms with Gasteiger partial charge >= 0.3 is 11.7 Å². The van der Waals surface area contributed by atoms with Crippen LogP contribution < -0.4 is 0 Å². The first-order chi connectivity index (χ1) is 9.95. The Bertz CT molecular complexity index is 574. The van der Waals surface area contributed by atoms with Crippen LogP contribution in [0.5, 0.6) is 0 Å². The maximum Gasteiger partial charge on any atom is 0.322 e. The first kappa shape index (κ1) is 14.9. The van der Waals surface area contributed by atoms with Crippen LogP contribution in [0, 0.1) is 23.0 Å². The molecule has 0 saturated carbocycles. The molecule has 0 spiro atoms. The number of nitrogens with zero attached hydrogens (tertiary/aromatic N) is 3. The summed E-state index contributed by atoms with van der Waals surface area (Å²) < 4.78 is 4.67. The summed E-state index contributed by atoms with van der Waals surface area (Å²) in [6.45, 7) is 2.19. The van der Waals surface area contributed by atoms with Crippen LogP contribution >= 0.6 is 0 Å². The third-order valence-corrected chi connectivity index (χ3v) is 3.62. The zero-order valence-electron chi connectivity index (χ0n) is 11.8. The average Bonchev–Trinajstić information content (AvgIpc) is 2.87. The minimum absolute atomic E-state index is 0.186. The summed E-state index contributed by atoms with van der Waals surface area (Å²) in [6.07, 6.45) is 0.964. The molecule has 9 heteroatoms. The number of rotatable bonds is 3. The lowest BCUT2D eigenvalue weighted by Gasteiger charge is -2.29. The molecule has 1 aromatic rings. The molecule has 1 fully saturated rings. The van der Waals surface area contributed by atoms with E-state index in [0.717, 1.165) is 0 Å². The van der Waals surface area contributed by atoms with Crippen LogP contribution in [0.15, 0.2) is 0 Å². The summed E-state index contributed by atoms with van der Waals surface area (Å²) in [5.41, 5.74) is -0.239. The number of H-pyrrole nitrogens is 1. The van der Waals surface area contributed by atoms with Crippen molar-refractivity contribution in [1.29, 1.82) is 0 Å². The zero-order valence-corrected chi connectivity index (χ0v) is 11.8. The highest BCUT2D eigenvalue weighted by molar-refractivity contribution is 5.96. The predicted octanol–water partition coefficient (Wildman–Crippen LogP) is 0.652. The van der Waals surface area contributed by atoms with Gasteiger partial charge < -0.3 is 9.64 Å². The van der Waals surface area contributed by atoms with Gasteiger partial charge in [0.25, 0.3) is 5.91 Å². The quantitative estimate of drug-likeness (QED) is 0.497. The van der Waals surface area contributed by atoms with E-state index in [1.54, 1.807) is 0 Å². The number of likely N-dealkylation sites (tertiary alicyclic amines) is 1. The van der Waals surface area contributed by atoms with Crippen LogP contribution in [0.3, 0.4) is 0 Å². The van der Waals surface area contributed by atoms with Gasteiger partial charge in [0, 0.05) is 13.1 Å². The molecular formula is C12H16N4O5. The van der Waals surface area contributed by atoms with Crippen molar-refractivity contribution in [3.8, 4) is 0 Å². The summed E-state index contributed by atoms with van der Waals surface area (Å²) >= 11 is 0. The smallest absolute Gasteiger partial charge is 0.322 e. The number of aromatic nitrogens is 2. The van der Waals surface area contributed by atoms with Crippen molar-refractivity contribution < 1.29 is 19.2 Å². The average molecular weight is 296 g/mol. The Kier molecular flexibility index (Phi) is 4.20. The molecule has 0 atom stereocenters. The number of esters is 1. The molecule has 1 aliphatic rings. The number of aryl methyl sites for hydroxylation is 1. The fourth-order valence-corrected chi connectivity index (χ4v) is 2.43. The molecule has 21 heavy (non-hydrogen) atoms. The molecular weight excluding hydrogens is 280 g/mol. The Morgan fingerprint density at radius 3 is 2.57 bits per heavy atom. The second-order valence-corrected chi connectivity index (χ2v) is 4.89. The van der Waals surface area contributed by atoms with Crippen LogP contribution in [0.4, 0.5) is 5.69 Å². The molecule has 0 aliphatic carbocycles. The number of ether oxygens (including phenoxy) is 1. The minimum atomic E-state index is -0.618. The van der Waals surface area contributed by atoms with Crippen LogP contribution in [-0.2, 0) is 9.53 Å². The number of hydrogen-bond acceptors (Lipinski definition) is 6. The van der Waals surface area contributed by atoms with E-state index in [9.17, 15) is 19.7 Å². The van der Waals surface area contributed by atoms with Crippen molar-refractivity contribution in [2.24, 2.45) is 5.92 Å². The SMILES string of the molecule is COC(=O)C1CCN(C(=O)c2n[nH]c(C)c2[N+](=O)[O-])CC1. The van der Waals surface area contributed by atoms with Crippen LogP contribution in [0.1, 0.15) is 29.0 Å². The van der Waals surface area contributed by atoms with Crippen molar-refractivity contribution in [3.63, 3.8) is 0 Å². The Morgan fingerprint density at radius 1 is 1.43 bits per heavy atom. The summed E-state index contributed by atoms with van der Waals surface area (Å²) in [5, 5.41) is 17.2. The van der Waals surface area contributed by atoms with E-state index in [1.165, 1.54) is 18.9 Å². The Balaban J connectivity index is 2.09. The molecule has 114 valence electrons. The number of amides is 1. The number of carbonyl (C=O) groups excluding carboxylic acids is 2. The maximum absolute atomic E-state index is 12.3. The minimum Gasteiger partial charge on any atom is -0.469 e. The first-order valence-corrected chi connectivity index (χ1v) is 6.52. The Hall–Kier alpha value is -2.45. The third-order valence-electron chi connectivity index (χ3n) is 3.62. The van der Waals surface area contributed by atoms with Gasteiger partial charge in [-0.25, -0.2) is 0 Å². The number of nitro groups is 1. The number of methoxy groups -OCH3 is 1. The van der Waals surface area contributed by atoms with Gasteiger partial charge in [0.15, 0.2) is 0 Å². The molecule has 0 bridgehead atoms. The van der Waals surface area contributed by atoms with E-state index < -0.39 is 10.8 Å². The lowest BCUT2D eigenvalue weighted by molar-refractivity contribution is -0.385. The Labute approximate surface area is 120 Å². The maximum atomic E-state index is 12.3. The summed E-state index contributed by atoms with van der Waals surface area (Å²) in [6, 6.07) is 0. The molecule has 2 heterocycles. The lowest BCUT2D eigenvalue weighted by atomic mass is 9.97. The van der Waals surface area contributed by atoms with E-state index >= 15 is 0 Å². The molecule has 1 aliphatic heterocycles. The second-order valence-electron chi connectivity index (χ2n) is 4.89. The van der Waals surface area contributed by atoms with Crippen molar-refractivity contribution in [1.82, 2.24) is 15.1 Å². The summed E-state index contributed by atoms with van der Waals surface area (Å²) in [5.74, 6) is -1.01. The van der Waals surface area contributed by atoms with Crippen molar-refractivity contribution in [2.75, 3.05) is 20.2 Å². The topological polar surface area (TPSA) is 118 Å². The van der Waals surface area contributed by atoms with Gasteiger partial charge in [-0.15, -0.1) is 0 Å². The molecule has 1 amide bonds. The molecule has 1 aromatic heterocycles. The van der Waals surface area contributed by atoms with Crippen LogP contribution in [-0.4, -0.2) is 52.1 Å². The molecule has 0 radical (unpaired) electrons. The van der Waals surface area contributed by atoms with Gasteiger partial charge in [0.2, 0.25) is 5.69 Å². The predicted molar refractivity (Wildman–Crippen MR) is 70.6 cm³/mol. The highest BCUT2D eigenvalue weighted by Crippen LogP contribution is 2.24. The van der Waals surface area contributed by atoms with E-state index in [4.69, 9.17) is 0 Å². The van der Waals surface area contributed by atoms with Crippen molar-refractivity contribution >= 4 is 17.6 Å². The fourth-order valence-electron chi connectivity index (χ4n) is 2.43. The van der Waals surface area contributed by atoms with Gasteiger partial charge in [-0.1, -0.05) is 0 Å². The molecule has 1 saturated heterocycles. The molecule has 0 unspecified atom stereocenters. The largest absolute Gasteiger partial charge is 0.469 e. The van der Waals surface area contributed by atoms with Gasteiger partial charge in [0.05, 0.1) is 18.0 Å². The fraction of sp³-hybridized carbons (Fsp3) is 0.583. The van der Waals surface area contributed by atoms with Gasteiger partial charge in [0.1, 0.15) is 5.69 Å². The van der Waals surface area contributed by atoms with Gasteiger partial charge in [-0.2, -0.15) is 5.10 Å². The molecule has 1 N–H and O–H groups in total. The van der Waals surface area contributed by atoms with Crippen LogP contribution in [0.2, 0.25) is 0 Å². The monoisotopic (exact) mass is 296 g/mol. The number of carbonyl (C=O) groups is 2. The standard InChI is InChI=1S/C12H16N4O5/c1-7-10(16(19)20)9(14-13-7)11(17)15-5-3-8(4-6-15)12(18)21-2/h8H,3-6H2,1-2H3,(H,13,14). The van der Waals surface area contributed by atoms with E-state index in [0.29, 0.717) is 25.9 Å². The summed E-state index contributed by atoms with van der Waals surface area (Å²) in [4.78, 5) is 35.6. The lowest BCUT2D eigenvalue weighted by Crippen LogP contribution is -2.40. The summed E-state index contributed by atoms with van der Waals surface area (Å²) in [7, 11) is 1.33. The zero-order chi connectivity index (χ0) is 15.6. The number of hydrogen-bond donors (Lipinski definition) is 1. The van der Waals surface area contributed by atoms with E-state index in [1.807, 2.05) is 0 Å². The number of nitrogens with one attached hydrogen (secondary N) is 1. The molecule has 9 nitrogen and oxygen atoms in total. The second kappa shape index (κ2) is 5.90. The van der Waals surface area contributed by atoms with Crippen molar-refractivity contribution in [3.05, 3.63) is 21.5 Å². The van der Waals surface area contributed by atoms with Gasteiger partial charge in [-0.05, 0) is 19.8 Å². The highest BCUT2D eigenvalue weighted by Gasteiger charge is 2.34. The molecule has 2 rings (SSSR count). The van der Waals surface area contributed by atoms with Gasteiger partial charge in [-0.3, -0.25) is 24.8 Å². The number of piperidine rings is 1. The third kappa shape index (κ3) is 2.86. The number of aromatic amines is 1. The normalized spacial score (nSPS) is 15.8. The van der Waals surface area contributed by atoms with Crippen LogP contribution in [0.25, 0.3) is 0 Å². The first-order valence-electron chi connectivity index (χ1n) is 6.52. The van der Waals surface area contributed by atoms with Crippen molar-refractivity contribution in [2.45, 2.75) is 19.8 Å². The van der Waals surface area contributed by atoms with E-state index in [-0.39, 0.29) is 29.0 Å². The molecule has 0 aromatic carbocycles. The van der Waals surface area contributed by atoms with E-state index in [2.05, 4.69) is 14.9 Å². The Morgan fingerprint density at radius 2 is 2.05 bits per heavy atom.